The van der Waals surface area contributed by atoms with Crippen molar-refractivity contribution in [2.45, 2.75) is 12.5 Å². The van der Waals surface area contributed by atoms with Gasteiger partial charge < -0.3 is 10.5 Å². The molecule has 2 aromatic rings. The summed E-state index contributed by atoms with van der Waals surface area (Å²) in [5, 5.41) is 0. The Bertz CT molecular complexity index is 533. The highest BCUT2D eigenvalue weighted by molar-refractivity contribution is 9.10. The molecule has 2 N–H and O–H groups in total. The smallest absolute Gasteiger partial charge is 0.236 e. The van der Waals surface area contributed by atoms with Gasteiger partial charge in [-0.25, -0.2) is 4.98 Å². The molecule has 1 aromatic heterocycles. The minimum atomic E-state index is -0.243. The van der Waals surface area contributed by atoms with E-state index in [9.17, 15) is 0 Å². The van der Waals surface area contributed by atoms with Crippen molar-refractivity contribution in [2.75, 3.05) is 7.11 Å². The quantitative estimate of drug-likeness (QED) is 0.942. The standard InChI is InChI=1S/C13H14BrN3O/c1-18-13-12(16-6-7-17-13)11(15)8-9-4-2-3-5-10(9)14/h2-7,11H,8,15H2,1H3. The number of rotatable bonds is 4. The van der Waals surface area contributed by atoms with Crippen molar-refractivity contribution >= 4 is 15.9 Å². The first kappa shape index (κ1) is 13.0. The Kier molecular flexibility index (Phi) is 4.28. The highest BCUT2D eigenvalue weighted by atomic mass is 79.9. The second-order valence-corrected chi connectivity index (χ2v) is 4.71. The van der Waals surface area contributed by atoms with Gasteiger partial charge in [0.1, 0.15) is 5.69 Å². The number of aromatic nitrogens is 2. The fourth-order valence-electron chi connectivity index (χ4n) is 1.75. The SMILES string of the molecule is COc1nccnc1C(N)Cc1ccccc1Br. The molecule has 0 aliphatic rings. The van der Waals surface area contributed by atoms with Crippen molar-refractivity contribution < 1.29 is 4.74 Å². The molecule has 0 radical (unpaired) electrons. The van der Waals surface area contributed by atoms with E-state index in [0.717, 1.165) is 10.0 Å². The van der Waals surface area contributed by atoms with Crippen LogP contribution < -0.4 is 10.5 Å². The molecule has 0 aliphatic heterocycles. The molecule has 2 rings (SSSR count). The molecule has 0 spiro atoms. The molecule has 4 nitrogen and oxygen atoms in total. The number of hydrogen-bond donors (Lipinski definition) is 1. The van der Waals surface area contributed by atoms with E-state index in [-0.39, 0.29) is 6.04 Å². The lowest BCUT2D eigenvalue weighted by molar-refractivity contribution is 0.384. The van der Waals surface area contributed by atoms with E-state index in [1.54, 1.807) is 19.5 Å². The van der Waals surface area contributed by atoms with Crippen LogP contribution in [0, 0.1) is 0 Å². The Morgan fingerprint density at radius 3 is 2.72 bits per heavy atom. The summed E-state index contributed by atoms with van der Waals surface area (Å²) in [6.07, 6.45) is 3.89. The summed E-state index contributed by atoms with van der Waals surface area (Å²) in [6.45, 7) is 0. The van der Waals surface area contributed by atoms with Crippen LogP contribution in [-0.4, -0.2) is 17.1 Å². The van der Waals surface area contributed by atoms with Gasteiger partial charge in [-0.2, -0.15) is 0 Å². The van der Waals surface area contributed by atoms with Crippen LogP contribution in [0.2, 0.25) is 0 Å². The monoisotopic (exact) mass is 307 g/mol. The van der Waals surface area contributed by atoms with E-state index in [2.05, 4.69) is 25.9 Å². The van der Waals surface area contributed by atoms with Crippen LogP contribution in [0.3, 0.4) is 0 Å². The van der Waals surface area contributed by atoms with Gasteiger partial charge >= 0.3 is 0 Å². The zero-order chi connectivity index (χ0) is 13.0. The molecular formula is C13H14BrN3O. The molecule has 0 amide bonds. The third-order valence-electron chi connectivity index (χ3n) is 2.63. The average molecular weight is 308 g/mol. The van der Waals surface area contributed by atoms with Gasteiger partial charge in [0.2, 0.25) is 5.88 Å². The van der Waals surface area contributed by atoms with Crippen molar-refractivity contribution in [1.29, 1.82) is 0 Å². The predicted molar refractivity (Wildman–Crippen MR) is 73.4 cm³/mol. The highest BCUT2D eigenvalue weighted by Crippen LogP contribution is 2.24. The fraction of sp³-hybridized carbons (Fsp3) is 0.231. The average Bonchev–Trinajstić information content (AvgIpc) is 2.41. The van der Waals surface area contributed by atoms with Crippen LogP contribution in [0.15, 0.2) is 41.1 Å². The van der Waals surface area contributed by atoms with Crippen LogP contribution >= 0.6 is 15.9 Å². The van der Waals surface area contributed by atoms with E-state index in [0.29, 0.717) is 18.0 Å². The molecule has 0 bridgehead atoms. The lowest BCUT2D eigenvalue weighted by Crippen LogP contribution is -2.16. The van der Waals surface area contributed by atoms with Gasteiger partial charge in [-0.15, -0.1) is 0 Å². The van der Waals surface area contributed by atoms with Gasteiger partial charge in [0.05, 0.1) is 13.2 Å². The third-order valence-corrected chi connectivity index (χ3v) is 3.41. The minimum absolute atomic E-state index is 0.243. The summed E-state index contributed by atoms with van der Waals surface area (Å²) in [4.78, 5) is 8.35. The number of nitrogens with zero attached hydrogens (tertiary/aromatic N) is 2. The Labute approximate surface area is 114 Å². The number of halogens is 1. The molecule has 1 aromatic carbocycles. The van der Waals surface area contributed by atoms with E-state index in [4.69, 9.17) is 10.5 Å². The summed E-state index contributed by atoms with van der Waals surface area (Å²) in [5.41, 5.74) is 7.98. The summed E-state index contributed by atoms with van der Waals surface area (Å²) in [7, 11) is 1.57. The molecule has 1 unspecified atom stereocenters. The van der Waals surface area contributed by atoms with E-state index in [1.807, 2.05) is 24.3 Å². The van der Waals surface area contributed by atoms with Crippen LogP contribution in [0.1, 0.15) is 17.3 Å². The lowest BCUT2D eigenvalue weighted by Gasteiger charge is -2.14. The summed E-state index contributed by atoms with van der Waals surface area (Å²) in [5.74, 6) is 0.483. The highest BCUT2D eigenvalue weighted by Gasteiger charge is 2.15. The molecule has 0 saturated heterocycles. The summed E-state index contributed by atoms with van der Waals surface area (Å²) >= 11 is 3.51. The number of methoxy groups -OCH3 is 1. The van der Waals surface area contributed by atoms with Gasteiger partial charge in [-0.1, -0.05) is 34.1 Å². The molecule has 18 heavy (non-hydrogen) atoms. The molecule has 0 saturated carbocycles. The van der Waals surface area contributed by atoms with Gasteiger partial charge in [0.15, 0.2) is 0 Å². The Balaban J connectivity index is 2.22. The first-order valence-electron chi connectivity index (χ1n) is 5.56. The zero-order valence-electron chi connectivity index (χ0n) is 10.0. The van der Waals surface area contributed by atoms with Crippen molar-refractivity contribution in [3.05, 3.63) is 52.4 Å². The van der Waals surface area contributed by atoms with Gasteiger partial charge in [-0.3, -0.25) is 4.98 Å². The Morgan fingerprint density at radius 1 is 1.28 bits per heavy atom. The van der Waals surface area contributed by atoms with Crippen LogP contribution in [-0.2, 0) is 6.42 Å². The van der Waals surface area contributed by atoms with Crippen molar-refractivity contribution in [3.8, 4) is 5.88 Å². The molecule has 0 fully saturated rings. The second-order valence-electron chi connectivity index (χ2n) is 3.85. The number of nitrogens with two attached hydrogens (primary N) is 1. The first-order valence-corrected chi connectivity index (χ1v) is 6.35. The largest absolute Gasteiger partial charge is 0.480 e. The second kappa shape index (κ2) is 5.93. The Morgan fingerprint density at radius 2 is 2.00 bits per heavy atom. The molecule has 5 heteroatoms. The van der Waals surface area contributed by atoms with Gasteiger partial charge in [-0.05, 0) is 18.1 Å². The summed E-state index contributed by atoms with van der Waals surface area (Å²) < 4.78 is 6.21. The topological polar surface area (TPSA) is 61.0 Å². The van der Waals surface area contributed by atoms with E-state index in [1.165, 1.54) is 0 Å². The number of ether oxygens (including phenoxy) is 1. The maximum absolute atomic E-state index is 6.17. The third kappa shape index (κ3) is 2.86. The predicted octanol–water partition coefficient (Wildman–Crippen LogP) is 2.49. The van der Waals surface area contributed by atoms with Crippen molar-refractivity contribution in [2.24, 2.45) is 5.73 Å². The number of hydrogen-bond acceptors (Lipinski definition) is 4. The minimum Gasteiger partial charge on any atom is -0.480 e. The van der Waals surface area contributed by atoms with Gasteiger partial charge in [0.25, 0.3) is 0 Å². The van der Waals surface area contributed by atoms with Crippen LogP contribution in [0.4, 0.5) is 0 Å². The first-order chi connectivity index (χ1) is 8.72. The van der Waals surface area contributed by atoms with Crippen molar-refractivity contribution in [1.82, 2.24) is 9.97 Å². The Hall–Kier alpha value is -1.46. The molecule has 94 valence electrons. The molecular weight excluding hydrogens is 294 g/mol. The number of benzene rings is 1. The molecule has 0 aliphatic carbocycles. The van der Waals surface area contributed by atoms with Crippen molar-refractivity contribution in [3.63, 3.8) is 0 Å². The fourth-order valence-corrected chi connectivity index (χ4v) is 2.19. The van der Waals surface area contributed by atoms with Crippen LogP contribution in [0.25, 0.3) is 0 Å². The lowest BCUT2D eigenvalue weighted by atomic mass is 10.0. The molecule has 1 heterocycles. The van der Waals surface area contributed by atoms with E-state index < -0.39 is 0 Å². The maximum atomic E-state index is 6.17. The van der Waals surface area contributed by atoms with Crippen LogP contribution in [0.5, 0.6) is 5.88 Å². The summed E-state index contributed by atoms with van der Waals surface area (Å²) in [6, 6.07) is 7.75. The maximum Gasteiger partial charge on any atom is 0.236 e. The zero-order valence-corrected chi connectivity index (χ0v) is 11.6. The molecule has 1 atom stereocenters. The van der Waals surface area contributed by atoms with E-state index >= 15 is 0 Å². The van der Waals surface area contributed by atoms with Gasteiger partial charge in [0, 0.05) is 16.9 Å². The normalized spacial score (nSPS) is 12.2.